The molecule has 1 saturated heterocycles. The molecule has 1 aliphatic rings. The van der Waals surface area contributed by atoms with Gasteiger partial charge in [-0.2, -0.15) is 0 Å². The largest absolute Gasteiger partial charge is 0.462 e. The molecule has 0 unspecified atom stereocenters. The van der Waals surface area contributed by atoms with Gasteiger partial charge in [0.05, 0.1) is 12.0 Å². The summed E-state index contributed by atoms with van der Waals surface area (Å²) in [5.41, 5.74) is 1.96. The maximum atomic E-state index is 13.0. The highest BCUT2D eigenvalue weighted by molar-refractivity contribution is 7.20. The average Bonchev–Trinajstić information content (AvgIpc) is 3.15. The van der Waals surface area contributed by atoms with Crippen LogP contribution in [0.15, 0.2) is 30.3 Å². The second kappa shape index (κ2) is 9.74. The molecule has 0 saturated carbocycles. The van der Waals surface area contributed by atoms with Crippen LogP contribution in [0.4, 0.5) is 10.6 Å². The van der Waals surface area contributed by atoms with Crippen molar-refractivity contribution in [2.45, 2.75) is 27.3 Å². The van der Waals surface area contributed by atoms with E-state index in [4.69, 9.17) is 9.72 Å². The molecule has 2 aromatic heterocycles. The number of ether oxygens (including phenoxy) is 1. The minimum Gasteiger partial charge on any atom is -0.462 e. The van der Waals surface area contributed by atoms with E-state index >= 15 is 0 Å². The van der Waals surface area contributed by atoms with Gasteiger partial charge < -0.3 is 19.4 Å². The van der Waals surface area contributed by atoms with Crippen molar-refractivity contribution >= 4 is 39.4 Å². The number of carbonyl (C=O) groups excluding carboxylic acids is 2. The fourth-order valence-electron chi connectivity index (χ4n) is 4.12. The molecular weight excluding hydrogens is 438 g/mol. The van der Waals surface area contributed by atoms with E-state index in [1.807, 2.05) is 56.1 Å². The van der Waals surface area contributed by atoms with Crippen molar-refractivity contribution in [2.75, 3.05) is 44.7 Å². The second-order valence-corrected chi connectivity index (χ2v) is 9.15. The lowest BCUT2D eigenvalue weighted by Gasteiger charge is -2.37. The lowest BCUT2D eigenvalue weighted by atomic mass is 10.1. The Bertz CT molecular complexity index is 1160. The van der Waals surface area contributed by atoms with Gasteiger partial charge in [-0.25, -0.2) is 19.6 Å². The van der Waals surface area contributed by atoms with Gasteiger partial charge in [-0.1, -0.05) is 30.3 Å². The Labute approximate surface area is 197 Å². The predicted molar refractivity (Wildman–Crippen MR) is 130 cm³/mol. The number of fused-ring (bicyclic) bond motifs is 1. The van der Waals surface area contributed by atoms with E-state index in [2.05, 4.69) is 9.88 Å². The second-order valence-electron chi connectivity index (χ2n) is 8.15. The molecule has 0 radical (unpaired) electrons. The summed E-state index contributed by atoms with van der Waals surface area (Å²) in [7, 11) is 1.84. The first-order valence-corrected chi connectivity index (χ1v) is 11.9. The van der Waals surface area contributed by atoms with Crippen molar-refractivity contribution in [1.82, 2.24) is 19.8 Å². The third-order valence-electron chi connectivity index (χ3n) is 5.78. The molecule has 1 aliphatic heterocycles. The van der Waals surface area contributed by atoms with Gasteiger partial charge in [0.2, 0.25) is 0 Å². The van der Waals surface area contributed by atoms with E-state index in [1.165, 1.54) is 11.3 Å². The molecule has 174 valence electrons. The van der Waals surface area contributed by atoms with Crippen LogP contribution in [0.25, 0.3) is 10.2 Å². The fraction of sp³-hybridized carbons (Fsp3) is 0.417. The zero-order valence-electron chi connectivity index (χ0n) is 19.5. The van der Waals surface area contributed by atoms with E-state index in [0.717, 1.165) is 27.2 Å². The number of amides is 2. The molecule has 2 amide bonds. The zero-order chi connectivity index (χ0) is 23.5. The lowest BCUT2D eigenvalue weighted by molar-refractivity contribution is 0.0531. The standard InChI is InChI=1S/C24H29N5O3S/c1-5-32-23(30)20-16(2)19-21(25-17(3)26-22(19)33-20)28-11-13-29(14-12-28)24(31)27(4)15-18-9-7-6-8-10-18/h6-10H,5,11-15H2,1-4H3. The van der Waals surface area contributed by atoms with Crippen molar-refractivity contribution in [2.24, 2.45) is 0 Å². The first-order chi connectivity index (χ1) is 15.9. The van der Waals surface area contributed by atoms with Gasteiger partial charge >= 0.3 is 12.0 Å². The minimum atomic E-state index is -0.321. The molecule has 0 bridgehead atoms. The number of hydrogen-bond acceptors (Lipinski definition) is 7. The molecular formula is C24H29N5O3S. The molecule has 1 fully saturated rings. The number of esters is 1. The van der Waals surface area contributed by atoms with Crippen LogP contribution in [0.1, 0.15) is 33.5 Å². The number of nitrogens with zero attached hydrogens (tertiary/aromatic N) is 5. The molecule has 0 atom stereocenters. The third-order valence-corrected chi connectivity index (χ3v) is 6.95. The van der Waals surface area contributed by atoms with E-state index in [0.29, 0.717) is 50.0 Å². The van der Waals surface area contributed by atoms with Crippen LogP contribution >= 0.6 is 11.3 Å². The van der Waals surface area contributed by atoms with E-state index in [9.17, 15) is 9.59 Å². The fourth-order valence-corrected chi connectivity index (χ4v) is 5.23. The Kier molecular flexibility index (Phi) is 6.78. The predicted octanol–water partition coefficient (Wildman–Crippen LogP) is 3.86. The van der Waals surface area contributed by atoms with Crippen LogP contribution in [0.3, 0.4) is 0 Å². The zero-order valence-corrected chi connectivity index (χ0v) is 20.3. The normalized spacial score (nSPS) is 13.9. The first kappa shape index (κ1) is 23.0. The van der Waals surface area contributed by atoms with Crippen molar-refractivity contribution in [3.05, 3.63) is 52.2 Å². The van der Waals surface area contributed by atoms with Gasteiger partial charge in [0, 0.05) is 39.8 Å². The number of rotatable bonds is 5. The number of piperazine rings is 1. The Hall–Kier alpha value is -3.20. The van der Waals surface area contributed by atoms with Gasteiger partial charge in [-0.05, 0) is 31.9 Å². The number of thiophene rings is 1. The van der Waals surface area contributed by atoms with Gasteiger partial charge in [0.25, 0.3) is 0 Å². The Morgan fingerprint density at radius 1 is 1.09 bits per heavy atom. The van der Waals surface area contributed by atoms with E-state index in [1.54, 1.807) is 11.8 Å². The smallest absolute Gasteiger partial charge is 0.348 e. The van der Waals surface area contributed by atoms with Crippen molar-refractivity contribution < 1.29 is 14.3 Å². The van der Waals surface area contributed by atoms with E-state index in [-0.39, 0.29) is 12.0 Å². The van der Waals surface area contributed by atoms with Crippen molar-refractivity contribution in [3.8, 4) is 0 Å². The highest BCUT2D eigenvalue weighted by Crippen LogP contribution is 2.36. The van der Waals surface area contributed by atoms with Crippen molar-refractivity contribution in [3.63, 3.8) is 0 Å². The van der Waals surface area contributed by atoms with Gasteiger partial charge in [0.1, 0.15) is 21.3 Å². The van der Waals surface area contributed by atoms with Crippen LogP contribution in [0.2, 0.25) is 0 Å². The molecule has 3 heterocycles. The summed E-state index contributed by atoms with van der Waals surface area (Å²) in [5, 5.41) is 0.898. The van der Waals surface area contributed by atoms with Crippen molar-refractivity contribution in [1.29, 1.82) is 0 Å². The molecule has 8 nitrogen and oxygen atoms in total. The molecule has 0 spiro atoms. The summed E-state index contributed by atoms with van der Waals surface area (Å²) in [6.45, 7) is 9.04. The number of carbonyl (C=O) groups is 2. The topological polar surface area (TPSA) is 78.9 Å². The number of hydrogen-bond donors (Lipinski definition) is 0. The van der Waals surface area contributed by atoms with Crippen LogP contribution in [0, 0.1) is 13.8 Å². The Morgan fingerprint density at radius 3 is 2.45 bits per heavy atom. The monoisotopic (exact) mass is 467 g/mol. The summed E-state index contributed by atoms with van der Waals surface area (Å²) in [4.78, 5) is 41.8. The van der Waals surface area contributed by atoms with Crippen LogP contribution in [0.5, 0.6) is 0 Å². The number of aromatic nitrogens is 2. The molecule has 4 rings (SSSR count). The highest BCUT2D eigenvalue weighted by atomic mass is 32.1. The Balaban J connectivity index is 1.50. The molecule has 0 N–H and O–H groups in total. The summed E-state index contributed by atoms with van der Waals surface area (Å²) < 4.78 is 5.22. The minimum absolute atomic E-state index is 0.0267. The van der Waals surface area contributed by atoms with Gasteiger partial charge in [-0.3, -0.25) is 0 Å². The van der Waals surface area contributed by atoms with Crippen LogP contribution in [-0.4, -0.2) is 71.6 Å². The first-order valence-electron chi connectivity index (χ1n) is 11.1. The molecule has 1 aromatic carbocycles. The van der Waals surface area contributed by atoms with Crippen LogP contribution < -0.4 is 4.90 Å². The Morgan fingerprint density at radius 2 is 1.79 bits per heavy atom. The summed E-state index contributed by atoms with van der Waals surface area (Å²) in [6.07, 6.45) is 0. The molecule has 3 aromatic rings. The number of anilines is 1. The van der Waals surface area contributed by atoms with Gasteiger partial charge in [-0.15, -0.1) is 11.3 Å². The summed E-state index contributed by atoms with van der Waals surface area (Å²) in [6, 6.07) is 10.0. The maximum absolute atomic E-state index is 13.0. The van der Waals surface area contributed by atoms with Crippen LogP contribution in [-0.2, 0) is 11.3 Å². The summed E-state index contributed by atoms with van der Waals surface area (Å²) >= 11 is 1.35. The molecule has 33 heavy (non-hydrogen) atoms. The number of urea groups is 1. The highest BCUT2D eigenvalue weighted by Gasteiger charge is 2.28. The quantitative estimate of drug-likeness (QED) is 0.530. The maximum Gasteiger partial charge on any atom is 0.348 e. The molecule has 0 aliphatic carbocycles. The third kappa shape index (κ3) is 4.78. The summed E-state index contributed by atoms with van der Waals surface area (Å²) in [5.74, 6) is 1.17. The number of aryl methyl sites for hydroxylation is 2. The van der Waals surface area contributed by atoms with E-state index < -0.39 is 0 Å². The number of benzene rings is 1. The van der Waals surface area contributed by atoms with Gasteiger partial charge in [0.15, 0.2) is 0 Å². The molecule has 9 heteroatoms. The lowest BCUT2D eigenvalue weighted by Crippen LogP contribution is -2.52. The SMILES string of the molecule is CCOC(=O)c1sc2nc(C)nc(N3CCN(C(=O)N(C)Cc4ccccc4)CC3)c2c1C. The average molecular weight is 468 g/mol.